The Kier molecular flexibility index (Phi) is 12.3. The Morgan fingerprint density at radius 2 is 1.07 bits per heavy atom. The topological polar surface area (TPSA) is 67.3 Å². The number of rotatable bonds is 18. The molecule has 3 aromatic carbocycles. The van der Waals surface area contributed by atoms with E-state index in [1.165, 1.54) is 16.0 Å². The van der Waals surface area contributed by atoms with Gasteiger partial charge in [-0.1, -0.05) is 79.7 Å². The number of imide groups is 1. The molecule has 7 nitrogen and oxygen atoms in total. The van der Waals surface area contributed by atoms with Crippen LogP contribution in [0.1, 0.15) is 58.0 Å². The largest absolute Gasteiger partial charge is 0.437 e. The van der Waals surface area contributed by atoms with Gasteiger partial charge in [0.1, 0.15) is 0 Å². The van der Waals surface area contributed by atoms with Crippen LogP contribution in [0.15, 0.2) is 84.9 Å². The van der Waals surface area contributed by atoms with Crippen LogP contribution in [0, 0.1) is 0 Å². The van der Waals surface area contributed by atoms with Gasteiger partial charge in [-0.15, -0.1) is 0 Å². The van der Waals surface area contributed by atoms with Crippen LogP contribution in [0.4, 0.5) is 0 Å². The molecule has 0 saturated carbocycles. The molecule has 1 aliphatic rings. The molecule has 2 amide bonds. The van der Waals surface area contributed by atoms with Crippen molar-refractivity contribution in [1.82, 2.24) is 19.5 Å². The van der Waals surface area contributed by atoms with Crippen LogP contribution in [0.25, 0.3) is 0 Å². The Morgan fingerprint density at radius 3 is 1.52 bits per heavy atom. The summed E-state index contributed by atoms with van der Waals surface area (Å²) in [6.07, 6.45) is 2.75. The van der Waals surface area contributed by atoms with Crippen molar-refractivity contribution in [3.05, 3.63) is 107 Å². The molecule has 0 atom stereocenters. The first-order chi connectivity index (χ1) is 20.5. The summed E-state index contributed by atoms with van der Waals surface area (Å²) in [7, 11) is -0.426. The SMILES string of the molecule is CCN(CCCN(CCCN(CCCN1C(=O)c2ccccc2C1=O)Cc1ccccc1)Cc1ccccc1)B(C)O. The Morgan fingerprint density at radius 1 is 0.643 bits per heavy atom. The molecule has 0 fully saturated rings. The van der Waals surface area contributed by atoms with Gasteiger partial charge in [-0.05, 0) is 82.1 Å². The van der Waals surface area contributed by atoms with Gasteiger partial charge in [-0.2, -0.15) is 0 Å². The standard InChI is InChI=1S/C34H45BN4O3/c1-3-38(35(2)42)25-13-23-36(27-29-15-6-4-7-16-29)21-12-22-37(28-30-17-8-5-9-18-30)24-14-26-39-33(40)31-19-10-11-20-32(31)34(39)41/h4-11,15-20,42H,3,12-14,21-28H2,1-2H3. The first kappa shape index (κ1) is 31.6. The summed E-state index contributed by atoms with van der Waals surface area (Å²) < 4.78 is 0. The van der Waals surface area contributed by atoms with E-state index < -0.39 is 7.05 Å². The maximum Gasteiger partial charge on any atom is 0.376 e. The Balaban J connectivity index is 1.33. The van der Waals surface area contributed by atoms with Crippen LogP contribution in [-0.4, -0.2) is 89.2 Å². The number of hydrogen-bond acceptors (Lipinski definition) is 6. The quantitative estimate of drug-likeness (QED) is 0.174. The molecule has 4 rings (SSSR count). The highest BCUT2D eigenvalue weighted by molar-refractivity contribution is 6.45. The van der Waals surface area contributed by atoms with Gasteiger partial charge in [0.2, 0.25) is 0 Å². The molecular formula is C34H45BN4O3. The molecule has 8 heteroatoms. The second-order valence-corrected chi connectivity index (χ2v) is 11.2. The summed E-state index contributed by atoms with van der Waals surface area (Å²) in [5.41, 5.74) is 3.59. The van der Waals surface area contributed by atoms with E-state index in [4.69, 9.17) is 0 Å². The number of nitrogens with zero attached hydrogens (tertiary/aromatic N) is 4. The molecule has 1 heterocycles. The molecule has 42 heavy (non-hydrogen) atoms. The van der Waals surface area contributed by atoms with E-state index in [-0.39, 0.29) is 11.8 Å². The molecule has 1 aliphatic heterocycles. The molecular weight excluding hydrogens is 523 g/mol. The summed E-state index contributed by atoms with van der Waals surface area (Å²) >= 11 is 0. The second-order valence-electron chi connectivity index (χ2n) is 11.2. The maximum atomic E-state index is 12.8. The van der Waals surface area contributed by atoms with Crippen LogP contribution in [0.3, 0.4) is 0 Å². The van der Waals surface area contributed by atoms with E-state index in [1.54, 1.807) is 12.1 Å². The minimum absolute atomic E-state index is 0.181. The molecule has 0 radical (unpaired) electrons. The first-order valence-corrected chi connectivity index (χ1v) is 15.4. The normalized spacial score (nSPS) is 13.0. The Labute approximate surface area is 251 Å². The number of carbonyl (C=O) groups is 2. The fraction of sp³-hybridized carbons (Fsp3) is 0.412. The molecule has 0 bridgehead atoms. The van der Waals surface area contributed by atoms with Crippen molar-refractivity contribution in [2.75, 3.05) is 45.8 Å². The smallest absolute Gasteiger partial charge is 0.376 e. The lowest BCUT2D eigenvalue weighted by Crippen LogP contribution is -2.39. The summed E-state index contributed by atoms with van der Waals surface area (Å²) in [5, 5.41) is 10.0. The lowest BCUT2D eigenvalue weighted by Gasteiger charge is -2.28. The minimum Gasteiger partial charge on any atom is -0.437 e. The molecule has 0 saturated heterocycles. The van der Waals surface area contributed by atoms with Crippen molar-refractivity contribution in [2.45, 2.75) is 46.1 Å². The average Bonchev–Trinajstić information content (AvgIpc) is 3.24. The van der Waals surface area contributed by atoms with Crippen LogP contribution < -0.4 is 0 Å². The minimum atomic E-state index is -0.426. The predicted molar refractivity (Wildman–Crippen MR) is 170 cm³/mol. The number of amides is 2. The summed E-state index contributed by atoms with van der Waals surface area (Å²) in [6.45, 7) is 11.5. The lowest BCUT2D eigenvalue weighted by atomic mass is 9.85. The third kappa shape index (κ3) is 9.10. The van der Waals surface area contributed by atoms with Gasteiger partial charge in [0.15, 0.2) is 0 Å². The molecule has 222 valence electrons. The predicted octanol–water partition coefficient (Wildman–Crippen LogP) is 4.89. The fourth-order valence-corrected chi connectivity index (χ4v) is 5.74. The Hall–Kier alpha value is -3.30. The van der Waals surface area contributed by atoms with Crippen molar-refractivity contribution in [3.8, 4) is 0 Å². The van der Waals surface area contributed by atoms with E-state index in [2.05, 4.69) is 76.1 Å². The number of fused-ring (bicyclic) bond motifs is 1. The molecule has 3 aromatic rings. The van der Waals surface area contributed by atoms with E-state index in [0.717, 1.165) is 71.6 Å². The highest BCUT2D eigenvalue weighted by Crippen LogP contribution is 2.22. The van der Waals surface area contributed by atoms with Gasteiger partial charge >= 0.3 is 7.05 Å². The van der Waals surface area contributed by atoms with Gasteiger partial charge in [-0.3, -0.25) is 24.3 Å². The highest BCUT2D eigenvalue weighted by Gasteiger charge is 2.34. The van der Waals surface area contributed by atoms with Crippen LogP contribution in [-0.2, 0) is 13.1 Å². The van der Waals surface area contributed by atoms with Gasteiger partial charge in [0.05, 0.1) is 11.1 Å². The third-order valence-electron chi connectivity index (χ3n) is 8.04. The van der Waals surface area contributed by atoms with Crippen LogP contribution in [0.5, 0.6) is 0 Å². The monoisotopic (exact) mass is 568 g/mol. The summed E-state index contributed by atoms with van der Waals surface area (Å²) in [4.78, 5) is 34.1. The van der Waals surface area contributed by atoms with E-state index in [9.17, 15) is 14.6 Å². The zero-order chi connectivity index (χ0) is 29.7. The van der Waals surface area contributed by atoms with Crippen molar-refractivity contribution >= 4 is 18.9 Å². The lowest BCUT2D eigenvalue weighted by molar-refractivity contribution is 0.0646. The third-order valence-corrected chi connectivity index (χ3v) is 8.04. The van der Waals surface area contributed by atoms with Gasteiger partial charge < -0.3 is 9.83 Å². The van der Waals surface area contributed by atoms with E-state index in [0.29, 0.717) is 17.7 Å². The second kappa shape index (κ2) is 16.4. The van der Waals surface area contributed by atoms with Gasteiger partial charge in [0, 0.05) is 26.2 Å². The summed E-state index contributed by atoms with van der Waals surface area (Å²) in [6, 6.07) is 28.2. The van der Waals surface area contributed by atoms with Crippen molar-refractivity contribution in [1.29, 1.82) is 0 Å². The molecule has 0 aliphatic carbocycles. The molecule has 0 unspecified atom stereocenters. The maximum absolute atomic E-state index is 12.8. The average molecular weight is 569 g/mol. The van der Waals surface area contributed by atoms with Crippen LogP contribution in [0.2, 0.25) is 6.82 Å². The zero-order valence-electron chi connectivity index (χ0n) is 25.2. The molecule has 0 aromatic heterocycles. The highest BCUT2D eigenvalue weighted by atomic mass is 16.2. The number of benzene rings is 3. The van der Waals surface area contributed by atoms with Crippen molar-refractivity contribution in [2.24, 2.45) is 0 Å². The van der Waals surface area contributed by atoms with E-state index in [1.807, 2.05) is 25.0 Å². The van der Waals surface area contributed by atoms with E-state index >= 15 is 0 Å². The number of carbonyl (C=O) groups excluding carboxylic acids is 2. The van der Waals surface area contributed by atoms with Crippen LogP contribution >= 0.6 is 0 Å². The zero-order valence-corrected chi connectivity index (χ0v) is 25.2. The van der Waals surface area contributed by atoms with Gasteiger partial charge in [-0.25, -0.2) is 0 Å². The van der Waals surface area contributed by atoms with Crippen molar-refractivity contribution < 1.29 is 14.6 Å². The summed E-state index contributed by atoms with van der Waals surface area (Å²) in [5.74, 6) is -0.363. The molecule has 1 N–H and O–H groups in total. The van der Waals surface area contributed by atoms with Crippen molar-refractivity contribution in [3.63, 3.8) is 0 Å². The Bertz CT molecular complexity index is 1220. The number of hydrogen-bond donors (Lipinski definition) is 1. The van der Waals surface area contributed by atoms with Gasteiger partial charge in [0.25, 0.3) is 11.8 Å². The molecule has 0 spiro atoms. The fourth-order valence-electron chi connectivity index (χ4n) is 5.74. The first-order valence-electron chi connectivity index (χ1n) is 15.4.